The molecule has 1 aliphatic rings. The molecule has 0 atom stereocenters. The Morgan fingerprint density at radius 1 is 1.21 bits per heavy atom. The van der Waals surface area contributed by atoms with E-state index in [1.54, 1.807) is 16.2 Å². The summed E-state index contributed by atoms with van der Waals surface area (Å²) < 4.78 is 38.7. The quantitative estimate of drug-likeness (QED) is 0.437. The molecule has 12 heteroatoms. The molecule has 0 spiro atoms. The number of hydrogen-bond acceptors (Lipinski definition) is 6. The van der Waals surface area contributed by atoms with E-state index >= 15 is 0 Å². The minimum atomic E-state index is -4.48. The fourth-order valence-electron chi connectivity index (χ4n) is 3.83. The van der Waals surface area contributed by atoms with Gasteiger partial charge in [0, 0.05) is 47.0 Å². The lowest BCUT2D eigenvalue weighted by Gasteiger charge is -2.32. The average molecular weight is 536 g/mol. The van der Waals surface area contributed by atoms with Crippen LogP contribution in [0.4, 0.5) is 24.1 Å². The number of anilines is 2. The van der Waals surface area contributed by atoms with E-state index in [1.807, 2.05) is 32.0 Å². The van der Waals surface area contributed by atoms with Crippen LogP contribution in [0, 0.1) is 6.92 Å². The third-order valence-corrected chi connectivity index (χ3v) is 6.67. The molecule has 0 aromatic carbocycles. The molecule has 1 aliphatic heterocycles. The van der Waals surface area contributed by atoms with E-state index in [1.165, 1.54) is 0 Å². The molecule has 34 heavy (non-hydrogen) atoms. The van der Waals surface area contributed by atoms with Crippen molar-refractivity contribution in [3.05, 3.63) is 57.8 Å². The van der Waals surface area contributed by atoms with Crippen LogP contribution in [0.1, 0.15) is 36.7 Å². The lowest BCUT2D eigenvalue weighted by atomic mass is 10.1. The highest BCUT2D eigenvalue weighted by Gasteiger charge is 2.33. The Morgan fingerprint density at radius 2 is 1.91 bits per heavy atom. The second kappa shape index (κ2) is 11.4. The SMILES string of the molecule is CCc1cc(-c2ccc(NC3CCN(c4nccc(C(F)(F)F)n4)CC3)s2)c(C)[nH]c1=O.Cl.Cl. The van der Waals surface area contributed by atoms with Gasteiger partial charge in [-0.2, -0.15) is 13.2 Å². The van der Waals surface area contributed by atoms with Gasteiger partial charge in [-0.1, -0.05) is 6.92 Å². The molecule has 0 unspecified atom stereocenters. The van der Waals surface area contributed by atoms with Crippen LogP contribution >= 0.6 is 36.2 Å². The molecule has 3 aromatic rings. The maximum Gasteiger partial charge on any atom is 0.433 e. The summed E-state index contributed by atoms with van der Waals surface area (Å²) in [5, 5.41) is 4.56. The van der Waals surface area contributed by atoms with Gasteiger partial charge in [0.25, 0.3) is 5.56 Å². The summed E-state index contributed by atoms with van der Waals surface area (Å²) in [7, 11) is 0. The molecule has 0 radical (unpaired) electrons. The Balaban J connectivity index is 0.00000204. The van der Waals surface area contributed by atoms with E-state index in [0.29, 0.717) is 19.5 Å². The molecule has 6 nitrogen and oxygen atoms in total. The maximum atomic E-state index is 12.9. The number of nitrogens with one attached hydrogen (secondary N) is 2. The first-order chi connectivity index (χ1) is 15.2. The normalized spacial score (nSPS) is 14.3. The predicted octanol–water partition coefficient (Wildman–Crippen LogP) is 5.71. The van der Waals surface area contributed by atoms with E-state index in [-0.39, 0.29) is 42.4 Å². The standard InChI is InChI=1S/C22H24F3N5OS.2ClH/c1-3-14-12-16(13(2)27-20(14)31)17-4-5-19(32-17)28-15-7-10-30(11-8-15)21-26-9-6-18(29-21)22(23,24)25;;/h4-6,9,12,15,28H,3,7-8,10-11H2,1-2H3,(H,27,31);2*1H. The van der Waals surface area contributed by atoms with Crippen molar-refractivity contribution in [3.8, 4) is 10.4 Å². The zero-order valence-corrected chi connectivity index (χ0v) is 21.1. The van der Waals surface area contributed by atoms with Crippen molar-refractivity contribution in [1.29, 1.82) is 0 Å². The fraction of sp³-hybridized carbons (Fsp3) is 0.409. The number of halogens is 5. The van der Waals surface area contributed by atoms with Crippen LogP contribution in [-0.2, 0) is 12.6 Å². The lowest BCUT2D eigenvalue weighted by Crippen LogP contribution is -2.40. The van der Waals surface area contributed by atoms with Gasteiger partial charge in [0.1, 0.15) is 5.69 Å². The van der Waals surface area contributed by atoms with Crippen molar-refractivity contribution < 1.29 is 13.2 Å². The van der Waals surface area contributed by atoms with E-state index in [2.05, 4.69) is 20.3 Å². The minimum absolute atomic E-state index is 0. The van der Waals surface area contributed by atoms with Gasteiger partial charge >= 0.3 is 6.18 Å². The van der Waals surface area contributed by atoms with Gasteiger partial charge in [0.2, 0.25) is 5.95 Å². The summed E-state index contributed by atoms with van der Waals surface area (Å²) in [6, 6.07) is 7.13. The van der Waals surface area contributed by atoms with Crippen LogP contribution in [0.25, 0.3) is 10.4 Å². The summed E-state index contributed by atoms with van der Waals surface area (Å²) >= 11 is 1.62. The van der Waals surface area contributed by atoms with Crippen molar-refractivity contribution in [2.45, 2.75) is 45.3 Å². The lowest BCUT2D eigenvalue weighted by molar-refractivity contribution is -0.141. The van der Waals surface area contributed by atoms with Crippen LogP contribution in [0.2, 0.25) is 0 Å². The summed E-state index contributed by atoms with van der Waals surface area (Å²) in [6.45, 7) is 5.02. The highest BCUT2D eigenvalue weighted by atomic mass is 35.5. The highest BCUT2D eigenvalue weighted by Crippen LogP contribution is 2.34. The first kappa shape index (κ1) is 27.9. The molecule has 186 valence electrons. The number of alkyl halides is 3. The number of nitrogens with zero attached hydrogens (tertiary/aromatic N) is 3. The zero-order chi connectivity index (χ0) is 22.9. The predicted molar refractivity (Wildman–Crippen MR) is 135 cm³/mol. The van der Waals surface area contributed by atoms with E-state index in [9.17, 15) is 18.0 Å². The second-order valence-corrected chi connectivity index (χ2v) is 8.91. The first-order valence-corrected chi connectivity index (χ1v) is 11.3. The third-order valence-electron chi connectivity index (χ3n) is 5.63. The molecule has 4 heterocycles. The topological polar surface area (TPSA) is 73.9 Å². The first-order valence-electron chi connectivity index (χ1n) is 10.5. The van der Waals surface area contributed by atoms with Crippen LogP contribution in [0.15, 0.2) is 35.3 Å². The molecule has 3 aromatic heterocycles. The van der Waals surface area contributed by atoms with Crippen LogP contribution in [0.5, 0.6) is 0 Å². The fourth-order valence-corrected chi connectivity index (χ4v) is 4.89. The van der Waals surface area contributed by atoms with Gasteiger partial charge in [-0.25, -0.2) is 9.97 Å². The van der Waals surface area contributed by atoms with Crippen molar-refractivity contribution in [2.75, 3.05) is 23.3 Å². The molecular formula is C22H26Cl2F3N5OS. The van der Waals surface area contributed by atoms with Crippen LogP contribution < -0.4 is 15.8 Å². The Hall–Kier alpha value is -2.30. The molecule has 1 saturated heterocycles. The number of rotatable bonds is 5. The largest absolute Gasteiger partial charge is 0.433 e. The van der Waals surface area contributed by atoms with Gasteiger partial charge in [0.15, 0.2) is 0 Å². The summed E-state index contributed by atoms with van der Waals surface area (Å²) in [5.74, 6) is 0.122. The minimum Gasteiger partial charge on any atom is -0.374 e. The number of hydrogen-bond donors (Lipinski definition) is 2. The molecular weight excluding hydrogens is 510 g/mol. The number of piperidine rings is 1. The zero-order valence-electron chi connectivity index (χ0n) is 18.6. The Labute approximate surface area is 211 Å². The summed E-state index contributed by atoms with van der Waals surface area (Å²) in [5.41, 5.74) is 1.67. The third kappa shape index (κ3) is 6.22. The van der Waals surface area contributed by atoms with Gasteiger partial charge in [-0.3, -0.25) is 4.79 Å². The highest BCUT2D eigenvalue weighted by molar-refractivity contribution is 7.19. The molecule has 1 fully saturated rings. The number of aromatic amines is 1. The van der Waals surface area contributed by atoms with E-state index < -0.39 is 11.9 Å². The number of pyridine rings is 1. The average Bonchev–Trinajstić information content (AvgIpc) is 3.22. The van der Waals surface area contributed by atoms with E-state index in [0.717, 1.165) is 51.8 Å². The smallest absolute Gasteiger partial charge is 0.374 e. The molecule has 2 N–H and O–H groups in total. The van der Waals surface area contributed by atoms with Crippen molar-refractivity contribution in [1.82, 2.24) is 15.0 Å². The summed E-state index contributed by atoms with van der Waals surface area (Å²) in [4.78, 5) is 25.5. The Morgan fingerprint density at radius 3 is 2.56 bits per heavy atom. The van der Waals surface area contributed by atoms with Gasteiger partial charge < -0.3 is 15.2 Å². The van der Waals surface area contributed by atoms with Crippen molar-refractivity contribution in [3.63, 3.8) is 0 Å². The number of H-pyrrole nitrogens is 1. The van der Waals surface area contributed by atoms with Crippen LogP contribution in [0.3, 0.4) is 0 Å². The van der Waals surface area contributed by atoms with Gasteiger partial charge in [0.05, 0.1) is 5.00 Å². The number of aryl methyl sites for hydroxylation is 2. The number of aromatic nitrogens is 3. The number of thiophene rings is 1. The van der Waals surface area contributed by atoms with Gasteiger partial charge in [-0.05, 0) is 50.5 Å². The summed E-state index contributed by atoms with van der Waals surface area (Å²) in [6.07, 6.45) is -1.11. The Bertz CT molecular complexity index is 1160. The molecule has 0 amide bonds. The molecule has 0 aliphatic carbocycles. The van der Waals surface area contributed by atoms with Crippen LogP contribution in [-0.4, -0.2) is 34.1 Å². The van der Waals surface area contributed by atoms with Crippen molar-refractivity contribution >= 4 is 47.1 Å². The maximum absolute atomic E-state index is 12.9. The van der Waals surface area contributed by atoms with Gasteiger partial charge in [-0.15, -0.1) is 36.2 Å². The molecule has 0 saturated carbocycles. The Kier molecular flexibility index (Phi) is 9.38. The van der Waals surface area contributed by atoms with E-state index in [4.69, 9.17) is 0 Å². The monoisotopic (exact) mass is 535 g/mol. The second-order valence-electron chi connectivity index (χ2n) is 7.83. The molecule has 4 rings (SSSR count). The molecule has 0 bridgehead atoms. The van der Waals surface area contributed by atoms with Crippen molar-refractivity contribution in [2.24, 2.45) is 0 Å².